The van der Waals surface area contributed by atoms with Crippen molar-refractivity contribution in [2.75, 3.05) is 30.4 Å². The largest absolute Gasteiger partial charge is 0.416 e. The zero-order valence-electron chi connectivity index (χ0n) is 19.7. The number of nitrogens with two attached hydrogens (primary N) is 1. The van der Waals surface area contributed by atoms with Gasteiger partial charge < -0.3 is 21.1 Å². The number of hydrogen-bond acceptors (Lipinski definition) is 7. The third kappa shape index (κ3) is 5.52. The molecule has 0 radical (unpaired) electrons. The maximum Gasteiger partial charge on any atom is 0.416 e. The van der Waals surface area contributed by atoms with E-state index in [0.29, 0.717) is 48.7 Å². The number of halogens is 4. The Bertz CT molecular complexity index is 1200. The van der Waals surface area contributed by atoms with Crippen molar-refractivity contribution < 1.29 is 17.9 Å². The quantitative estimate of drug-likeness (QED) is 0.390. The van der Waals surface area contributed by atoms with Gasteiger partial charge in [-0.2, -0.15) is 18.2 Å². The minimum atomic E-state index is -4.52. The van der Waals surface area contributed by atoms with Gasteiger partial charge in [-0.25, -0.2) is 9.97 Å². The number of anilines is 3. The molecule has 1 saturated heterocycles. The van der Waals surface area contributed by atoms with Crippen LogP contribution in [0.5, 0.6) is 0 Å². The van der Waals surface area contributed by atoms with Crippen LogP contribution in [0, 0.1) is 5.92 Å². The molecule has 0 atom stereocenters. The van der Waals surface area contributed by atoms with Crippen LogP contribution in [0.4, 0.5) is 30.8 Å². The molecule has 2 aromatic heterocycles. The van der Waals surface area contributed by atoms with E-state index in [2.05, 4.69) is 20.6 Å². The predicted molar refractivity (Wildman–Crippen MR) is 133 cm³/mol. The lowest BCUT2D eigenvalue weighted by Gasteiger charge is -2.30. The first-order chi connectivity index (χ1) is 17.3. The molecule has 2 aliphatic rings. The monoisotopic (exact) mass is 523 g/mol. The lowest BCUT2D eigenvalue weighted by molar-refractivity contribution is -0.137. The van der Waals surface area contributed by atoms with Crippen molar-refractivity contribution in [2.45, 2.75) is 56.8 Å². The molecule has 0 amide bonds. The fourth-order valence-corrected chi connectivity index (χ4v) is 5.25. The number of ether oxygens (including phenoxy) is 1. The molecule has 4 N–H and O–H groups in total. The second kappa shape index (κ2) is 10.4. The third-order valence-corrected chi connectivity index (χ3v) is 7.20. The Balaban J connectivity index is 1.51. The molecule has 0 bridgehead atoms. The lowest BCUT2D eigenvalue weighted by atomic mass is 9.86. The van der Waals surface area contributed by atoms with Crippen LogP contribution >= 0.6 is 11.6 Å². The molecule has 36 heavy (non-hydrogen) atoms. The van der Waals surface area contributed by atoms with Gasteiger partial charge in [0.25, 0.3) is 0 Å². The minimum absolute atomic E-state index is 0.0128. The molecular weight excluding hydrogens is 495 g/mol. The van der Waals surface area contributed by atoms with Crippen molar-refractivity contribution in [1.29, 1.82) is 0 Å². The lowest BCUT2D eigenvalue weighted by Crippen LogP contribution is -2.28. The summed E-state index contributed by atoms with van der Waals surface area (Å²) in [7, 11) is 0. The van der Waals surface area contributed by atoms with Crippen LogP contribution in [0.1, 0.15) is 50.1 Å². The van der Waals surface area contributed by atoms with E-state index in [1.54, 1.807) is 6.20 Å². The number of nitrogens with zero attached hydrogens (tertiary/aromatic N) is 4. The van der Waals surface area contributed by atoms with Gasteiger partial charge in [-0.3, -0.25) is 4.57 Å². The Labute approximate surface area is 211 Å². The van der Waals surface area contributed by atoms with Crippen LogP contribution in [-0.2, 0) is 10.9 Å². The van der Waals surface area contributed by atoms with Crippen molar-refractivity contribution >= 4 is 40.3 Å². The van der Waals surface area contributed by atoms with E-state index in [-0.39, 0.29) is 22.8 Å². The summed E-state index contributed by atoms with van der Waals surface area (Å²) >= 11 is 6.02. The Morgan fingerprint density at radius 3 is 2.50 bits per heavy atom. The molecule has 1 aromatic carbocycles. The molecule has 5 rings (SSSR count). The van der Waals surface area contributed by atoms with Gasteiger partial charge in [0.15, 0.2) is 5.65 Å². The van der Waals surface area contributed by atoms with Gasteiger partial charge in [0, 0.05) is 36.0 Å². The van der Waals surface area contributed by atoms with E-state index < -0.39 is 11.7 Å². The molecule has 0 spiro atoms. The van der Waals surface area contributed by atoms with Gasteiger partial charge in [-0.15, -0.1) is 0 Å². The number of imidazole rings is 1. The molecule has 12 heteroatoms. The average Bonchev–Trinajstić information content (AvgIpc) is 3.21. The van der Waals surface area contributed by atoms with Crippen LogP contribution < -0.4 is 16.4 Å². The molecule has 3 heterocycles. The van der Waals surface area contributed by atoms with Gasteiger partial charge >= 0.3 is 6.18 Å². The van der Waals surface area contributed by atoms with E-state index in [0.717, 1.165) is 50.7 Å². The summed E-state index contributed by atoms with van der Waals surface area (Å²) in [6, 6.07) is 3.69. The highest BCUT2D eigenvalue weighted by molar-refractivity contribution is 6.31. The number of nitrogens with one attached hydrogen (secondary N) is 2. The number of fused-ring (bicyclic) bond motifs is 1. The molecule has 3 aromatic rings. The molecular formula is C24H29ClF3N7O. The van der Waals surface area contributed by atoms with E-state index in [4.69, 9.17) is 27.1 Å². The van der Waals surface area contributed by atoms with Crippen LogP contribution in [-0.4, -0.2) is 45.3 Å². The summed E-state index contributed by atoms with van der Waals surface area (Å²) in [5.41, 5.74) is 6.46. The van der Waals surface area contributed by atoms with Crippen LogP contribution in [0.2, 0.25) is 5.02 Å². The molecule has 1 aliphatic heterocycles. The number of aromatic nitrogens is 4. The molecule has 0 unspecified atom stereocenters. The number of alkyl halides is 3. The summed E-state index contributed by atoms with van der Waals surface area (Å²) in [5, 5.41) is 6.45. The minimum Gasteiger partial charge on any atom is -0.381 e. The van der Waals surface area contributed by atoms with Crippen molar-refractivity contribution in [1.82, 2.24) is 19.5 Å². The SMILES string of the molecule is NC[C@H]1CC[C@@H](n2c(Nc3cc(Cl)cc(C(F)(F)F)c3)nc3cnc(NC4CCOCC4)nc32)CC1. The first-order valence-electron chi connectivity index (χ1n) is 12.2. The number of hydrogen-bond donors (Lipinski definition) is 3. The Morgan fingerprint density at radius 1 is 1.06 bits per heavy atom. The average molecular weight is 524 g/mol. The molecule has 1 saturated carbocycles. The summed E-state index contributed by atoms with van der Waals surface area (Å²) in [6.45, 7) is 2.03. The van der Waals surface area contributed by atoms with Gasteiger partial charge in [0.1, 0.15) is 5.52 Å². The molecule has 194 valence electrons. The van der Waals surface area contributed by atoms with Crippen LogP contribution in [0.3, 0.4) is 0 Å². The van der Waals surface area contributed by atoms with Gasteiger partial charge in [0.2, 0.25) is 11.9 Å². The maximum atomic E-state index is 13.4. The summed E-state index contributed by atoms with van der Waals surface area (Å²) < 4.78 is 47.6. The second-order valence-corrected chi connectivity index (χ2v) is 9.94. The van der Waals surface area contributed by atoms with Crippen molar-refractivity contribution in [3.63, 3.8) is 0 Å². The van der Waals surface area contributed by atoms with Crippen molar-refractivity contribution in [3.05, 3.63) is 35.0 Å². The highest BCUT2D eigenvalue weighted by atomic mass is 35.5. The van der Waals surface area contributed by atoms with E-state index >= 15 is 0 Å². The summed E-state index contributed by atoms with van der Waals surface area (Å²) in [6.07, 6.45) is 2.55. The number of benzene rings is 1. The van der Waals surface area contributed by atoms with Crippen LogP contribution in [0.15, 0.2) is 24.4 Å². The summed E-state index contributed by atoms with van der Waals surface area (Å²) in [5.74, 6) is 1.38. The first-order valence-corrected chi connectivity index (χ1v) is 12.6. The smallest absolute Gasteiger partial charge is 0.381 e. The van der Waals surface area contributed by atoms with E-state index in [1.165, 1.54) is 6.07 Å². The zero-order valence-corrected chi connectivity index (χ0v) is 20.4. The fraction of sp³-hybridized carbons (Fsp3) is 0.542. The first kappa shape index (κ1) is 25.0. The molecule has 8 nitrogen and oxygen atoms in total. The van der Waals surface area contributed by atoms with Gasteiger partial charge in [-0.05, 0) is 69.2 Å². The fourth-order valence-electron chi connectivity index (χ4n) is 5.01. The zero-order chi connectivity index (χ0) is 25.3. The van der Waals surface area contributed by atoms with Crippen LogP contribution in [0.25, 0.3) is 11.2 Å². The molecule has 2 fully saturated rings. The third-order valence-electron chi connectivity index (χ3n) is 6.98. The van der Waals surface area contributed by atoms with Crippen molar-refractivity contribution in [2.24, 2.45) is 11.7 Å². The van der Waals surface area contributed by atoms with Crippen molar-refractivity contribution in [3.8, 4) is 0 Å². The normalized spacial score (nSPS) is 21.6. The standard InChI is InChI=1S/C24H29ClF3N7O/c25-16-9-15(24(26,27)28)10-18(11-16)32-23-33-20-13-30-22(31-17-5-7-36-8-6-17)34-21(20)35(23)19-3-1-14(12-29)2-4-19/h9-11,13-14,17,19H,1-8,12,29H2,(H,32,33)(H,30,31,34)/t14-,19+. The predicted octanol–water partition coefficient (Wildman–Crippen LogP) is 5.52. The summed E-state index contributed by atoms with van der Waals surface area (Å²) in [4.78, 5) is 13.9. The maximum absolute atomic E-state index is 13.4. The van der Waals surface area contributed by atoms with Gasteiger partial charge in [0.05, 0.1) is 11.8 Å². The molecule has 1 aliphatic carbocycles. The van der Waals surface area contributed by atoms with Gasteiger partial charge in [-0.1, -0.05) is 11.6 Å². The second-order valence-electron chi connectivity index (χ2n) is 9.50. The van der Waals surface area contributed by atoms with E-state index in [1.807, 2.05) is 4.57 Å². The Hall–Kier alpha value is -2.63. The Morgan fingerprint density at radius 2 is 1.81 bits per heavy atom. The highest BCUT2D eigenvalue weighted by Crippen LogP contribution is 2.38. The Kier molecular flexibility index (Phi) is 7.23. The topological polar surface area (TPSA) is 103 Å². The highest BCUT2D eigenvalue weighted by Gasteiger charge is 2.32. The van der Waals surface area contributed by atoms with E-state index in [9.17, 15) is 13.2 Å². The number of rotatable bonds is 6.